The molecule has 216 valence electrons. The van der Waals surface area contributed by atoms with Crippen molar-refractivity contribution in [1.29, 1.82) is 0 Å². The fraction of sp³-hybridized carbons (Fsp3) is 0.147. The molecule has 0 radical (unpaired) electrons. The second-order valence-electron chi connectivity index (χ2n) is 10.3. The van der Waals surface area contributed by atoms with Gasteiger partial charge in [0.1, 0.15) is 18.4 Å². The van der Waals surface area contributed by atoms with Crippen molar-refractivity contribution in [2.45, 2.75) is 37.4 Å². The van der Waals surface area contributed by atoms with Crippen LogP contribution in [0.15, 0.2) is 120 Å². The van der Waals surface area contributed by atoms with Crippen LogP contribution >= 0.6 is 23.4 Å². The van der Waals surface area contributed by atoms with E-state index in [-0.39, 0.29) is 5.91 Å². The van der Waals surface area contributed by atoms with E-state index in [0.29, 0.717) is 28.3 Å². The zero-order chi connectivity index (χ0) is 29.8. The molecule has 2 N–H and O–H groups in total. The lowest BCUT2D eigenvalue weighted by molar-refractivity contribution is -0.113. The lowest BCUT2D eigenvalue weighted by Crippen LogP contribution is -2.31. The van der Waals surface area contributed by atoms with Crippen molar-refractivity contribution in [3.63, 3.8) is 0 Å². The number of carbonyl (C=O) groups is 1. The Morgan fingerprint density at radius 1 is 0.930 bits per heavy atom. The summed E-state index contributed by atoms with van der Waals surface area (Å²) in [6, 6.07) is 32.8. The SMILES string of the molecule is CC1=C(C(=O)Nc2ccccc2C)C(c2ccc(OCc3ccc(Cl)cc3)cc2)n2nc(SCc3ccccc3)nc2N1. The highest BCUT2D eigenvalue weighted by Crippen LogP contribution is 2.38. The van der Waals surface area contributed by atoms with Gasteiger partial charge in [0.25, 0.3) is 5.91 Å². The molecule has 0 bridgehead atoms. The normalized spacial score (nSPS) is 14.2. The molecule has 0 spiro atoms. The number of nitrogens with one attached hydrogen (secondary N) is 2. The number of hydrogen-bond donors (Lipinski definition) is 2. The Morgan fingerprint density at radius 2 is 1.65 bits per heavy atom. The number of thioether (sulfide) groups is 1. The Kier molecular flexibility index (Phi) is 8.49. The molecule has 43 heavy (non-hydrogen) atoms. The van der Waals surface area contributed by atoms with Crippen LogP contribution in [0.25, 0.3) is 0 Å². The molecule has 2 heterocycles. The van der Waals surface area contributed by atoms with Gasteiger partial charge >= 0.3 is 0 Å². The predicted octanol–water partition coefficient (Wildman–Crippen LogP) is 8.04. The second-order valence-corrected chi connectivity index (χ2v) is 11.6. The lowest BCUT2D eigenvalue weighted by atomic mass is 9.95. The molecular formula is C34H30ClN5O2S. The Bertz CT molecular complexity index is 1770. The first-order chi connectivity index (χ1) is 20.9. The molecule has 1 aliphatic heterocycles. The summed E-state index contributed by atoms with van der Waals surface area (Å²) in [6.45, 7) is 4.29. The van der Waals surface area contributed by atoms with Gasteiger partial charge in [0, 0.05) is 22.2 Å². The quantitative estimate of drug-likeness (QED) is 0.165. The van der Waals surface area contributed by atoms with Gasteiger partial charge in [-0.2, -0.15) is 4.98 Å². The predicted molar refractivity (Wildman–Crippen MR) is 173 cm³/mol. The van der Waals surface area contributed by atoms with Gasteiger partial charge in [-0.05, 0) is 66.4 Å². The molecule has 0 fully saturated rings. The minimum absolute atomic E-state index is 0.202. The molecule has 7 nitrogen and oxygen atoms in total. The number of anilines is 2. The minimum atomic E-state index is -0.496. The van der Waals surface area contributed by atoms with Crippen LogP contribution in [0.5, 0.6) is 5.75 Å². The number of allylic oxidation sites excluding steroid dienone is 1. The number of carbonyl (C=O) groups excluding carboxylic acids is 1. The molecule has 1 unspecified atom stereocenters. The molecule has 1 aromatic heterocycles. The van der Waals surface area contributed by atoms with Crippen LogP contribution in [0, 0.1) is 6.92 Å². The summed E-state index contributed by atoms with van der Waals surface area (Å²) in [5.74, 6) is 1.85. The van der Waals surface area contributed by atoms with E-state index in [1.165, 1.54) is 5.56 Å². The molecule has 0 aliphatic carbocycles. The van der Waals surface area contributed by atoms with E-state index in [0.717, 1.165) is 39.6 Å². The maximum atomic E-state index is 13.9. The highest BCUT2D eigenvalue weighted by molar-refractivity contribution is 7.98. The second kappa shape index (κ2) is 12.8. The average molecular weight is 608 g/mol. The molecule has 5 aromatic rings. The van der Waals surface area contributed by atoms with Crippen LogP contribution in [0.4, 0.5) is 11.6 Å². The van der Waals surface area contributed by atoms with E-state index in [1.807, 2.05) is 105 Å². The summed E-state index contributed by atoms with van der Waals surface area (Å²) in [7, 11) is 0. The third kappa shape index (κ3) is 6.61. The van der Waals surface area contributed by atoms with Crippen molar-refractivity contribution in [3.05, 3.63) is 142 Å². The number of fused-ring (bicyclic) bond motifs is 1. The zero-order valence-electron chi connectivity index (χ0n) is 23.8. The first-order valence-electron chi connectivity index (χ1n) is 13.9. The largest absolute Gasteiger partial charge is 0.489 e. The van der Waals surface area contributed by atoms with Gasteiger partial charge in [-0.1, -0.05) is 96.2 Å². The van der Waals surface area contributed by atoms with Crippen LogP contribution < -0.4 is 15.4 Å². The first-order valence-corrected chi connectivity index (χ1v) is 15.3. The number of benzene rings is 4. The fourth-order valence-corrected chi connectivity index (χ4v) is 5.82. The third-order valence-corrected chi connectivity index (χ3v) is 8.36. The van der Waals surface area contributed by atoms with Gasteiger partial charge < -0.3 is 15.4 Å². The van der Waals surface area contributed by atoms with Gasteiger partial charge in [0.05, 0.1) is 5.57 Å². The van der Waals surface area contributed by atoms with Crippen LogP contribution in [0.1, 0.15) is 35.2 Å². The molecule has 0 saturated heterocycles. The van der Waals surface area contributed by atoms with Gasteiger partial charge in [-0.15, -0.1) is 5.10 Å². The average Bonchev–Trinajstić information content (AvgIpc) is 3.43. The maximum absolute atomic E-state index is 13.9. The molecule has 1 atom stereocenters. The number of aryl methyl sites for hydroxylation is 1. The van der Waals surface area contributed by atoms with Crippen molar-refractivity contribution < 1.29 is 9.53 Å². The minimum Gasteiger partial charge on any atom is -0.489 e. The molecule has 4 aromatic carbocycles. The van der Waals surface area contributed by atoms with E-state index in [2.05, 4.69) is 22.8 Å². The van der Waals surface area contributed by atoms with Gasteiger partial charge in [-0.3, -0.25) is 4.79 Å². The number of para-hydroxylation sites is 1. The number of rotatable bonds is 9. The number of halogens is 1. The monoisotopic (exact) mass is 607 g/mol. The summed E-state index contributed by atoms with van der Waals surface area (Å²) >= 11 is 7.57. The van der Waals surface area contributed by atoms with E-state index in [4.69, 9.17) is 26.4 Å². The van der Waals surface area contributed by atoms with Crippen molar-refractivity contribution in [3.8, 4) is 5.75 Å². The Labute approximate surface area is 260 Å². The standard InChI is InChI=1S/C34H30ClN5O2S/c1-22-8-6-7-11-29(22)37-32(41)30-23(2)36-33-38-34(43-21-25-9-4-3-5-10-25)39-40(33)31(30)26-14-18-28(19-15-26)42-20-24-12-16-27(35)17-13-24/h3-19,31H,20-21H2,1-2H3,(H,37,41)(H,36,38,39). The van der Waals surface area contributed by atoms with E-state index in [9.17, 15) is 4.79 Å². The summed E-state index contributed by atoms with van der Waals surface area (Å²) in [6.07, 6.45) is 0. The first kappa shape index (κ1) is 28.6. The van der Waals surface area contributed by atoms with Gasteiger partial charge in [0.2, 0.25) is 11.1 Å². The Morgan fingerprint density at radius 3 is 2.40 bits per heavy atom. The van der Waals surface area contributed by atoms with Crippen LogP contribution in [-0.2, 0) is 17.2 Å². The van der Waals surface area contributed by atoms with Crippen LogP contribution in [-0.4, -0.2) is 20.7 Å². The number of hydrogen-bond acceptors (Lipinski definition) is 6. The lowest BCUT2D eigenvalue weighted by Gasteiger charge is -2.29. The smallest absolute Gasteiger partial charge is 0.255 e. The number of aromatic nitrogens is 3. The highest BCUT2D eigenvalue weighted by Gasteiger charge is 2.34. The molecule has 1 aliphatic rings. The fourth-order valence-electron chi connectivity index (χ4n) is 4.91. The number of ether oxygens (including phenoxy) is 1. The summed E-state index contributed by atoms with van der Waals surface area (Å²) in [5.41, 5.74) is 6.13. The Balaban J connectivity index is 1.29. The highest BCUT2D eigenvalue weighted by atomic mass is 35.5. The maximum Gasteiger partial charge on any atom is 0.255 e. The van der Waals surface area contributed by atoms with E-state index in [1.54, 1.807) is 16.4 Å². The summed E-state index contributed by atoms with van der Waals surface area (Å²) in [4.78, 5) is 18.7. The van der Waals surface area contributed by atoms with Crippen molar-refractivity contribution >= 4 is 40.9 Å². The summed E-state index contributed by atoms with van der Waals surface area (Å²) in [5, 5.41) is 12.6. The molecule has 9 heteroatoms. The number of nitrogens with zero attached hydrogens (tertiary/aromatic N) is 3. The van der Waals surface area contributed by atoms with Crippen molar-refractivity contribution in [2.75, 3.05) is 10.6 Å². The summed E-state index contributed by atoms with van der Waals surface area (Å²) < 4.78 is 7.83. The topological polar surface area (TPSA) is 81.1 Å². The van der Waals surface area contributed by atoms with E-state index >= 15 is 0 Å². The molecule has 0 saturated carbocycles. The van der Waals surface area contributed by atoms with Crippen molar-refractivity contribution in [2.24, 2.45) is 0 Å². The Hall–Kier alpha value is -4.53. The van der Waals surface area contributed by atoms with Gasteiger partial charge in [-0.25, -0.2) is 4.68 Å². The van der Waals surface area contributed by atoms with E-state index < -0.39 is 6.04 Å². The zero-order valence-corrected chi connectivity index (χ0v) is 25.3. The van der Waals surface area contributed by atoms with Crippen molar-refractivity contribution in [1.82, 2.24) is 14.8 Å². The number of amides is 1. The molecule has 1 amide bonds. The molecule has 6 rings (SSSR count). The molecular weight excluding hydrogens is 578 g/mol. The van der Waals surface area contributed by atoms with Crippen LogP contribution in [0.3, 0.4) is 0 Å². The third-order valence-electron chi connectivity index (χ3n) is 7.20. The van der Waals surface area contributed by atoms with Gasteiger partial charge in [0.15, 0.2) is 0 Å². The van der Waals surface area contributed by atoms with Crippen LogP contribution in [0.2, 0.25) is 5.02 Å².